The first-order chi connectivity index (χ1) is 13.2. The summed E-state index contributed by atoms with van der Waals surface area (Å²) in [7, 11) is 0. The van der Waals surface area contributed by atoms with E-state index in [1.807, 2.05) is 0 Å². The van der Waals surface area contributed by atoms with Crippen LogP contribution in [-0.4, -0.2) is 39.9 Å². The molecule has 0 saturated carbocycles. The van der Waals surface area contributed by atoms with Gasteiger partial charge in [0.2, 0.25) is 5.91 Å². The molecule has 1 aliphatic carbocycles. The molecule has 1 aromatic heterocycles. The van der Waals surface area contributed by atoms with Crippen LogP contribution < -0.4 is 5.32 Å². The minimum absolute atomic E-state index is 0.0902. The molecular formula is C22H28N4O. The van der Waals surface area contributed by atoms with E-state index in [2.05, 4.69) is 53.3 Å². The highest BCUT2D eigenvalue weighted by Crippen LogP contribution is 2.24. The first-order valence-corrected chi connectivity index (χ1v) is 10.1. The van der Waals surface area contributed by atoms with Crippen molar-refractivity contribution < 1.29 is 4.79 Å². The second-order valence-corrected chi connectivity index (χ2v) is 7.60. The van der Waals surface area contributed by atoms with Crippen LogP contribution in [0.1, 0.15) is 47.2 Å². The lowest BCUT2D eigenvalue weighted by molar-refractivity contribution is -0.126. The van der Waals surface area contributed by atoms with E-state index in [1.165, 1.54) is 28.8 Å². The van der Waals surface area contributed by atoms with Crippen molar-refractivity contribution in [2.75, 3.05) is 13.1 Å². The Morgan fingerprint density at radius 1 is 1.22 bits per heavy atom. The van der Waals surface area contributed by atoms with Crippen LogP contribution in [0.15, 0.2) is 24.3 Å². The Kier molecular flexibility index (Phi) is 5.21. The molecule has 0 unspecified atom stereocenters. The second kappa shape index (κ2) is 7.77. The van der Waals surface area contributed by atoms with Gasteiger partial charge in [0, 0.05) is 30.9 Å². The molecule has 2 heterocycles. The largest absolute Gasteiger partial charge is 0.354 e. The Labute approximate surface area is 161 Å². The van der Waals surface area contributed by atoms with Gasteiger partial charge in [-0.3, -0.25) is 9.69 Å². The standard InChI is InChI=1S/C22H28N4O/c1-3-26-14-17-8-5-4-7-16(17)13-20(26)22(27)23-12-11-21-24-15(2)18-9-6-10-19(18)25-21/h4-5,7-8,20H,3,6,9-14H2,1-2H3,(H,23,27)/t20-/m0/s1. The van der Waals surface area contributed by atoms with E-state index >= 15 is 0 Å². The van der Waals surface area contributed by atoms with Gasteiger partial charge in [0.05, 0.1) is 6.04 Å². The number of aromatic nitrogens is 2. The summed E-state index contributed by atoms with van der Waals surface area (Å²) in [6.07, 6.45) is 4.82. The molecule has 0 spiro atoms. The summed E-state index contributed by atoms with van der Waals surface area (Å²) in [4.78, 5) is 24.4. The van der Waals surface area contributed by atoms with E-state index in [4.69, 9.17) is 4.98 Å². The van der Waals surface area contributed by atoms with Gasteiger partial charge in [0.25, 0.3) is 0 Å². The zero-order chi connectivity index (χ0) is 18.8. The molecule has 2 aliphatic rings. The maximum Gasteiger partial charge on any atom is 0.237 e. The van der Waals surface area contributed by atoms with Crippen LogP contribution >= 0.6 is 0 Å². The average molecular weight is 364 g/mol. The number of hydrogen-bond acceptors (Lipinski definition) is 4. The van der Waals surface area contributed by atoms with Crippen LogP contribution in [0.5, 0.6) is 0 Å². The first-order valence-electron chi connectivity index (χ1n) is 10.1. The Balaban J connectivity index is 1.37. The summed E-state index contributed by atoms with van der Waals surface area (Å²) in [6.45, 7) is 6.51. The van der Waals surface area contributed by atoms with Gasteiger partial charge >= 0.3 is 0 Å². The van der Waals surface area contributed by atoms with Gasteiger partial charge in [0.1, 0.15) is 5.82 Å². The highest BCUT2D eigenvalue weighted by atomic mass is 16.2. The maximum atomic E-state index is 12.8. The van der Waals surface area contributed by atoms with Crippen molar-refractivity contribution in [3.8, 4) is 0 Å². The molecule has 27 heavy (non-hydrogen) atoms. The van der Waals surface area contributed by atoms with Crippen molar-refractivity contribution >= 4 is 5.91 Å². The van der Waals surface area contributed by atoms with E-state index in [0.29, 0.717) is 13.0 Å². The van der Waals surface area contributed by atoms with Gasteiger partial charge in [-0.25, -0.2) is 9.97 Å². The Bertz CT molecular complexity index is 848. The third kappa shape index (κ3) is 3.74. The number of amides is 1. The van der Waals surface area contributed by atoms with Gasteiger partial charge in [-0.1, -0.05) is 31.2 Å². The molecule has 4 rings (SSSR count). The van der Waals surface area contributed by atoms with Crippen LogP contribution in [0, 0.1) is 6.92 Å². The number of likely N-dealkylation sites (N-methyl/N-ethyl adjacent to an activating group) is 1. The van der Waals surface area contributed by atoms with Crippen molar-refractivity contribution in [3.63, 3.8) is 0 Å². The van der Waals surface area contributed by atoms with Crippen molar-refractivity contribution in [2.45, 2.75) is 58.5 Å². The monoisotopic (exact) mass is 364 g/mol. The molecule has 1 aliphatic heterocycles. The molecular weight excluding hydrogens is 336 g/mol. The molecule has 142 valence electrons. The molecule has 0 bridgehead atoms. The number of nitrogens with zero attached hydrogens (tertiary/aromatic N) is 3. The summed E-state index contributed by atoms with van der Waals surface area (Å²) >= 11 is 0. The summed E-state index contributed by atoms with van der Waals surface area (Å²) in [5.74, 6) is 0.971. The molecule has 2 aromatic rings. The molecule has 1 amide bonds. The van der Waals surface area contributed by atoms with Crippen LogP contribution in [0.4, 0.5) is 0 Å². The van der Waals surface area contributed by atoms with Crippen molar-refractivity contribution in [1.29, 1.82) is 0 Å². The number of carbonyl (C=O) groups excluding carboxylic acids is 1. The van der Waals surface area contributed by atoms with E-state index in [-0.39, 0.29) is 11.9 Å². The predicted molar refractivity (Wildman–Crippen MR) is 106 cm³/mol. The number of aryl methyl sites for hydroxylation is 2. The SMILES string of the molecule is CCN1Cc2ccccc2C[C@H]1C(=O)NCCc1nc(C)c2c(n1)CCC2. The number of nitrogens with one attached hydrogen (secondary N) is 1. The molecule has 0 fully saturated rings. The number of benzene rings is 1. The molecule has 5 nitrogen and oxygen atoms in total. The van der Waals surface area contributed by atoms with E-state index < -0.39 is 0 Å². The van der Waals surface area contributed by atoms with E-state index in [1.54, 1.807) is 0 Å². The van der Waals surface area contributed by atoms with Crippen molar-refractivity contribution in [1.82, 2.24) is 20.2 Å². The Morgan fingerprint density at radius 2 is 2.04 bits per heavy atom. The highest BCUT2D eigenvalue weighted by Gasteiger charge is 2.30. The van der Waals surface area contributed by atoms with Crippen LogP contribution in [0.2, 0.25) is 0 Å². The number of hydrogen-bond donors (Lipinski definition) is 1. The van der Waals surface area contributed by atoms with Crippen LogP contribution in [0.25, 0.3) is 0 Å². The number of rotatable bonds is 5. The average Bonchev–Trinajstić information content (AvgIpc) is 3.16. The molecule has 1 atom stereocenters. The topological polar surface area (TPSA) is 58.1 Å². The number of fused-ring (bicyclic) bond motifs is 2. The fourth-order valence-electron chi connectivity index (χ4n) is 4.38. The lowest BCUT2D eigenvalue weighted by Crippen LogP contribution is -2.50. The fraction of sp³-hybridized carbons (Fsp3) is 0.500. The summed E-state index contributed by atoms with van der Waals surface area (Å²) in [5.41, 5.74) is 6.29. The van der Waals surface area contributed by atoms with E-state index in [0.717, 1.165) is 43.9 Å². The third-order valence-electron chi connectivity index (χ3n) is 5.89. The minimum Gasteiger partial charge on any atom is -0.354 e. The lowest BCUT2D eigenvalue weighted by atomic mass is 9.93. The molecule has 0 saturated heterocycles. The van der Waals surface area contributed by atoms with Gasteiger partial charge in [-0.05, 0) is 55.8 Å². The normalized spacial score (nSPS) is 18.8. The second-order valence-electron chi connectivity index (χ2n) is 7.60. The van der Waals surface area contributed by atoms with Crippen molar-refractivity contribution in [3.05, 3.63) is 58.2 Å². The fourth-order valence-corrected chi connectivity index (χ4v) is 4.38. The van der Waals surface area contributed by atoms with Gasteiger partial charge < -0.3 is 5.32 Å². The van der Waals surface area contributed by atoms with Gasteiger partial charge in [0.15, 0.2) is 0 Å². The Morgan fingerprint density at radius 3 is 2.85 bits per heavy atom. The summed E-state index contributed by atoms with van der Waals surface area (Å²) in [6, 6.07) is 8.35. The van der Waals surface area contributed by atoms with Crippen LogP contribution in [-0.2, 0) is 37.0 Å². The third-order valence-corrected chi connectivity index (χ3v) is 5.89. The molecule has 0 radical (unpaired) electrons. The van der Waals surface area contributed by atoms with Gasteiger partial charge in [-0.2, -0.15) is 0 Å². The molecule has 1 N–H and O–H groups in total. The number of carbonyl (C=O) groups is 1. The summed E-state index contributed by atoms with van der Waals surface area (Å²) < 4.78 is 0. The zero-order valence-electron chi connectivity index (χ0n) is 16.3. The van der Waals surface area contributed by atoms with Gasteiger partial charge in [-0.15, -0.1) is 0 Å². The van der Waals surface area contributed by atoms with Crippen molar-refractivity contribution in [2.24, 2.45) is 0 Å². The zero-order valence-corrected chi connectivity index (χ0v) is 16.3. The van der Waals surface area contributed by atoms with E-state index in [9.17, 15) is 4.79 Å². The molecule has 5 heteroatoms. The quantitative estimate of drug-likeness (QED) is 0.885. The first kappa shape index (κ1) is 18.1. The lowest BCUT2D eigenvalue weighted by Gasteiger charge is -2.35. The van der Waals surface area contributed by atoms with Crippen LogP contribution in [0.3, 0.4) is 0 Å². The maximum absolute atomic E-state index is 12.8. The smallest absolute Gasteiger partial charge is 0.237 e. The highest BCUT2D eigenvalue weighted by molar-refractivity contribution is 5.82. The Hall–Kier alpha value is -2.27. The predicted octanol–water partition coefficient (Wildman–Crippen LogP) is 2.38. The summed E-state index contributed by atoms with van der Waals surface area (Å²) in [5, 5.41) is 3.12. The minimum atomic E-state index is -0.0902. The molecule has 1 aromatic carbocycles.